The van der Waals surface area contributed by atoms with E-state index in [-0.39, 0.29) is 22.8 Å². The van der Waals surface area contributed by atoms with Gasteiger partial charge in [0.15, 0.2) is 5.78 Å². The number of halogens is 1. The van der Waals surface area contributed by atoms with Crippen LogP contribution in [-0.2, 0) is 0 Å². The molecule has 0 aliphatic carbocycles. The second-order valence-corrected chi connectivity index (χ2v) is 3.60. The number of allylic oxidation sites excluding steroid dienone is 1. The SMILES string of the molecule is Br.CCN(C=CCC(=O)c1ccccc1)CC. The van der Waals surface area contributed by atoms with Gasteiger partial charge in [-0.05, 0) is 20.0 Å². The Morgan fingerprint density at radius 3 is 2.29 bits per heavy atom. The molecule has 94 valence electrons. The van der Waals surface area contributed by atoms with Crippen molar-refractivity contribution in [2.75, 3.05) is 13.1 Å². The number of carbonyl (C=O) groups is 1. The number of benzene rings is 1. The van der Waals surface area contributed by atoms with Crippen molar-refractivity contribution in [3.05, 3.63) is 48.2 Å². The standard InChI is InChI=1S/C14H19NO.BrH/c1-3-15(4-2)12-8-11-14(16)13-9-6-5-7-10-13;/h5-10,12H,3-4,11H2,1-2H3;1H. The van der Waals surface area contributed by atoms with E-state index in [4.69, 9.17) is 0 Å². The maximum Gasteiger partial charge on any atom is 0.166 e. The topological polar surface area (TPSA) is 20.3 Å². The maximum atomic E-state index is 11.7. The Morgan fingerprint density at radius 1 is 1.18 bits per heavy atom. The zero-order valence-corrected chi connectivity index (χ0v) is 12.1. The molecule has 0 N–H and O–H groups in total. The van der Waals surface area contributed by atoms with Crippen molar-refractivity contribution >= 4 is 22.8 Å². The van der Waals surface area contributed by atoms with Gasteiger partial charge in [0.05, 0.1) is 0 Å². The lowest BCUT2D eigenvalue weighted by Gasteiger charge is -2.14. The number of hydrogen-bond donors (Lipinski definition) is 0. The van der Waals surface area contributed by atoms with E-state index in [9.17, 15) is 4.79 Å². The first kappa shape index (κ1) is 15.9. The van der Waals surface area contributed by atoms with Crippen LogP contribution < -0.4 is 0 Å². The minimum Gasteiger partial charge on any atom is -0.378 e. The third-order valence-electron chi connectivity index (χ3n) is 2.53. The molecule has 0 radical (unpaired) electrons. The van der Waals surface area contributed by atoms with Crippen molar-refractivity contribution in [1.82, 2.24) is 4.90 Å². The smallest absolute Gasteiger partial charge is 0.166 e. The highest BCUT2D eigenvalue weighted by Gasteiger charge is 2.01. The summed E-state index contributed by atoms with van der Waals surface area (Å²) in [5.41, 5.74) is 0.784. The van der Waals surface area contributed by atoms with Gasteiger partial charge < -0.3 is 4.90 Å². The Morgan fingerprint density at radius 2 is 1.76 bits per heavy atom. The van der Waals surface area contributed by atoms with Crippen LogP contribution in [0.4, 0.5) is 0 Å². The second kappa shape index (κ2) is 8.99. The fraction of sp³-hybridized carbons (Fsp3) is 0.357. The molecular formula is C14H20BrNO. The average molecular weight is 298 g/mol. The molecular weight excluding hydrogens is 278 g/mol. The quantitative estimate of drug-likeness (QED) is 0.746. The molecule has 0 saturated carbocycles. The van der Waals surface area contributed by atoms with Gasteiger partial charge in [-0.2, -0.15) is 0 Å². The van der Waals surface area contributed by atoms with E-state index >= 15 is 0 Å². The molecule has 1 rings (SSSR count). The van der Waals surface area contributed by atoms with Gasteiger partial charge in [0, 0.05) is 25.1 Å². The molecule has 17 heavy (non-hydrogen) atoms. The molecule has 0 aromatic heterocycles. The summed E-state index contributed by atoms with van der Waals surface area (Å²) in [6.45, 7) is 6.17. The lowest BCUT2D eigenvalue weighted by molar-refractivity contribution is 0.0995. The van der Waals surface area contributed by atoms with Crippen LogP contribution in [0.1, 0.15) is 30.6 Å². The van der Waals surface area contributed by atoms with Crippen molar-refractivity contribution < 1.29 is 4.79 Å². The number of hydrogen-bond acceptors (Lipinski definition) is 2. The van der Waals surface area contributed by atoms with Gasteiger partial charge in [0.1, 0.15) is 0 Å². The summed E-state index contributed by atoms with van der Waals surface area (Å²) in [5.74, 6) is 0.170. The van der Waals surface area contributed by atoms with Crippen LogP contribution in [0.5, 0.6) is 0 Å². The van der Waals surface area contributed by atoms with Crippen LogP contribution in [0.15, 0.2) is 42.6 Å². The number of Topliss-reactive ketones (excluding diaryl/α,β-unsaturated/α-hetero) is 1. The van der Waals surface area contributed by atoms with Gasteiger partial charge in [0.2, 0.25) is 0 Å². The summed E-state index contributed by atoms with van der Waals surface area (Å²) in [5, 5.41) is 0. The summed E-state index contributed by atoms with van der Waals surface area (Å²) >= 11 is 0. The maximum absolute atomic E-state index is 11.7. The van der Waals surface area contributed by atoms with E-state index in [0.717, 1.165) is 18.7 Å². The third kappa shape index (κ3) is 5.68. The lowest BCUT2D eigenvalue weighted by atomic mass is 10.1. The predicted molar refractivity (Wildman–Crippen MR) is 77.8 cm³/mol. The van der Waals surface area contributed by atoms with E-state index in [1.807, 2.05) is 42.6 Å². The van der Waals surface area contributed by atoms with Crippen LogP contribution in [0.3, 0.4) is 0 Å². The molecule has 0 aliphatic rings. The Kier molecular flexibility index (Phi) is 8.42. The van der Waals surface area contributed by atoms with E-state index in [2.05, 4.69) is 18.7 Å². The van der Waals surface area contributed by atoms with Gasteiger partial charge in [0.25, 0.3) is 0 Å². The summed E-state index contributed by atoms with van der Waals surface area (Å²) < 4.78 is 0. The number of nitrogens with zero attached hydrogens (tertiary/aromatic N) is 1. The molecule has 2 nitrogen and oxygen atoms in total. The Labute approximate surface area is 114 Å². The van der Waals surface area contributed by atoms with Crippen molar-refractivity contribution in [1.29, 1.82) is 0 Å². The second-order valence-electron chi connectivity index (χ2n) is 3.60. The van der Waals surface area contributed by atoms with Crippen LogP contribution in [-0.4, -0.2) is 23.8 Å². The van der Waals surface area contributed by atoms with E-state index in [1.54, 1.807) is 0 Å². The molecule has 1 aromatic rings. The fourth-order valence-electron chi connectivity index (χ4n) is 1.49. The third-order valence-corrected chi connectivity index (χ3v) is 2.53. The summed E-state index contributed by atoms with van der Waals surface area (Å²) in [7, 11) is 0. The van der Waals surface area contributed by atoms with E-state index in [1.165, 1.54) is 0 Å². The van der Waals surface area contributed by atoms with Crippen LogP contribution in [0.25, 0.3) is 0 Å². The Bertz CT molecular complexity index is 344. The molecule has 0 heterocycles. The van der Waals surface area contributed by atoms with Gasteiger partial charge in [-0.25, -0.2) is 0 Å². The number of ketones is 1. The van der Waals surface area contributed by atoms with Gasteiger partial charge in [-0.3, -0.25) is 4.79 Å². The predicted octanol–water partition coefficient (Wildman–Crippen LogP) is 3.69. The van der Waals surface area contributed by atoms with Crippen molar-refractivity contribution in [2.24, 2.45) is 0 Å². The van der Waals surface area contributed by atoms with Crippen LogP contribution >= 0.6 is 17.0 Å². The Balaban J connectivity index is 0.00000256. The highest BCUT2D eigenvalue weighted by atomic mass is 79.9. The highest BCUT2D eigenvalue weighted by Crippen LogP contribution is 2.03. The molecule has 0 atom stereocenters. The zero-order chi connectivity index (χ0) is 11.8. The van der Waals surface area contributed by atoms with Crippen LogP contribution in [0.2, 0.25) is 0 Å². The summed E-state index contributed by atoms with van der Waals surface area (Å²) in [4.78, 5) is 13.9. The molecule has 1 aromatic carbocycles. The van der Waals surface area contributed by atoms with Crippen molar-refractivity contribution in [2.45, 2.75) is 20.3 Å². The first-order valence-electron chi connectivity index (χ1n) is 5.76. The monoisotopic (exact) mass is 297 g/mol. The van der Waals surface area contributed by atoms with E-state index < -0.39 is 0 Å². The molecule has 0 unspecified atom stereocenters. The fourth-order valence-corrected chi connectivity index (χ4v) is 1.49. The molecule has 0 saturated heterocycles. The van der Waals surface area contributed by atoms with Gasteiger partial charge in [-0.1, -0.05) is 36.4 Å². The number of carbonyl (C=O) groups excluding carboxylic acids is 1. The zero-order valence-electron chi connectivity index (χ0n) is 10.4. The minimum absolute atomic E-state index is 0. The van der Waals surface area contributed by atoms with Crippen molar-refractivity contribution in [3.8, 4) is 0 Å². The largest absolute Gasteiger partial charge is 0.378 e. The summed E-state index contributed by atoms with van der Waals surface area (Å²) in [6, 6.07) is 9.41. The molecule has 0 fully saturated rings. The number of rotatable bonds is 6. The first-order valence-corrected chi connectivity index (χ1v) is 5.76. The molecule has 0 amide bonds. The molecule has 0 bridgehead atoms. The van der Waals surface area contributed by atoms with Crippen molar-refractivity contribution in [3.63, 3.8) is 0 Å². The molecule has 0 aliphatic heterocycles. The highest BCUT2D eigenvalue weighted by molar-refractivity contribution is 8.93. The average Bonchev–Trinajstić information content (AvgIpc) is 2.35. The minimum atomic E-state index is 0. The van der Waals surface area contributed by atoms with Crippen LogP contribution in [0, 0.1) is 0 Å². The lowest BCUT2D eigenvalue weighted by Crippen LogP contribution is -2.15. The Hall–Kier alpha value is -1.09. The normalized spacial score (nSPS) is 10.0. The van der Waals surface area contributed by atoms with Gasteiger partial charge in [-0.15, -0.1) is 17.0 Å². The summed E-state index contributed by atoms with van der Waals surface area (Å²) in [6.07, 6.45) is 4.41. The molecule has 3 heteroatoms. The first-order chi connectivity index (χ1) is 7.77. The van der Waals surface area contributed by atoms with Gasteiger partial charge >= 0.3 is 0 Å². The molecule has 0 spiro atoms. The van der Waals surface area contributed by atoms with E-state index in [0.29, 0.717) is 6.42 Å².